The van der Waals surface area contributed by atoms with E-state index in [0.717, 1.165) is 12.8 Å². The fourth-order valence-corrected chi connectivity index (χ4v) is 1.06. The van der Waals surface area contributed by atoms with Crippen LogP contribution in [0.5, 0.6) is 0 Å². The van der Waals surface area contributed by atoms with Crippen molar-refractivity contribution in [2.24, 2.45) is 0 Å². The Kier molecular flexibility index (Phi) is 4.08. The minimum absolute atomic E-state index is 0.130. The van der Waals surface area contributed by atoms with Crippen molar-refractivity contribution in [1.29, 1.82) is 0 Å². The summed E-state index contributed by atoms with van der Waals surface area (Å²) in [5.41, 5.74) is 0. The highest BCUT2D eigenvalue weighted by molar-refractivity contribution is 5.89. The molecule has 5 heteroatoms. The quantitative estimate of drug-likeness (QED) is 0.666. The van der Waals surface area contributed by atoms with Gasteiger partial charge in [0.15, 0.2) is 0 Å². The summed E-state index contributed by atoms with van der Waals surface area (Å²) in [6.45, 7) is 3.30. The molecule has 0 aliphatic heterocycles. The molecule has 1 aliphatic carbocycles. The van der Waals surface area contributed by atoms with Crippen molar-refractivity contribution in [2.45, 2.75) is 44.9 Å². The number of hydrogen-bond acceptors (Lipinski definition) is 3. The Morgan fingerprint density at radius 3 is 2.33 bits per heavy atom. The third kappa shape index (κ3) is 3.87. The van der Waals surface area contributed by atoms with Crippen LogP contribution in [0, 0.1) is 0 Å². The highest BCUT2D eigenvalue weighted by Crippen LogP contribution is 2.18. The summed E-state index contributed by atoms with van der Waals surface area (Å²) in [6.07, 6.45) is 1.56. The maximum atomic E-state index is 11.5. The first-order chi connectivity index (χ1) is 7.04. The lowest BCUT2D eigenvalue weighted by Gasteiger charge is -2.16. The van der Waals surface area contributed by atoms with Gasteiger partial charge >= 0.3 is 0 Å². The summed E-state index contributed by atoms with van der Waals surface area (Å²) >= 11 is 0. The third-order valence-corrected chi connectivity index (χ3v) is 2.40. The molecule has 15 heavy (non-hydrogen) atoms. The van der Waals surface area contributed by atoms with Crippen LogP contribution in [0.3, 0.4) is 0 Å². The molecule has 2 atom stereocenters. The second kappa shape index (κ2) is 5.11. The van der Waals surface area contributed by atoms with E-state index in [9.17, 15) is 9.59 Å². The molecule has 0 radical (unpaired) electrons. The number of amides is 2. The predicted molar refractivity (Wildman–Crippen MR) is 55.2 cm³/mol. The summed E-state index contributed by atoms with van der Waals surface area (Å²) in [6, 6.07) is -0.188. The van der Waals surface area contributed by atoms with E-state index in [0.29, 0.717) is 6.04 Å². The second-order valence-corrected chi connectivity index (χ2v) is 3.89. The number of carbonyl (C=O) groups excluding carboxylic acids is 2. The van der Waals surface area contributed by atoms with E-state index >= 15 is 0 Å². The van der Waals surface area contributed by atoms with Crippen molar-refractivity contribution in [2.75, 3.05) is 7.11 Å². The molecule has 0 aromatic heterocycles. The first kappa shape index (κ1) is 12.0. The van der Waals surface area contributed by atoms with Crippen molar-refractivity contribution in [1.82, 2.24) is 10.6 Å². The van der Waals surface area contributed by atoms with Gasteiger partial charge in [-0.2, -0.15) is 0 Å². The molecule has 0 aromatic carbocycles. The Labute approximate surface area is 89.6 Å². The van der Waals surface area contributed by atoms with Crippen LogP contribution in [0.4, 0.5) is 0 Å². The third-order valence-electron chi connectivity index (χ3n) is 2.40. The SMILES string of the molecule is COC(C)C(=O)NC(C)C(=O)NC1CC1. The minimum atomic E-state index is -0.527. The van der Waals surface area contributed by atoms with Crippen molar-refractivity contribution in [3.63, 3.8) is 0 Å². The number of carbonyl (C=O) groups is 2. The van der Waals surface area contributed by atoms with Crippen LogP contribution >= 0.6 is 0 Å². The molecule has 0 aromatic rings. The topological polar surface area (TPSA) is 67.4 Å². The van der Waals surface area contributed by atoms with Gasteiger partial charge in [0.05, 0.1) is 0 Å². The lowest BCUT2D eigenvalue weighted by molar-refractivity contribution is -0.134. The number of rotatable bonds is 5. The standard InChI is InChI=1S/C10H18N2O3/c1-6(9(13)12-8-4-5-8)11-10(14)7(2)15-3/h6-8H,4-5H2,1-3H3,(H,11,14)(H,12,13). The molecule has 0 heterocycles. The summed E-state index contributed by atoms with van der Waals surface area (Å²) in [4.78, 5) is 22.8. The van der Waals surface area contributed by atoms with Crippen LogP contribution in [-0.2, 0) is 14.3 Å². The Bertz CT molecular complexity index is 251. The maximum absolute atomic E-state index is 11.5. The van der Waals surface area contributed by atoms with Gasteiger partial charge in [0, 0.05) is 13.2 Å². The van der Waals surface area contributed by atoms with E-state index in [1.807, 2.05) is 0 Å². The Balaban J connectivity index is 2.29. The monoisotopic (exact) mass is 214 g/mol. The molecule has 0 saturated heterocycles. The number of methoxy groups -OCH3 is 1. The van der Waals surface area contributed by atoms with Crippen LogP contribution in [-0.4, -0.2) is 37.1 Å². The lowest BCUT2D eigenvalue weighted by Crippen LogP contribution is -2.48. The second-order valence-electron chi connectivity index (χ2n) is 3.89. The molecular weight excluding hydrogens is 196 g/mol. The van der Waals surface area contributed by atoms with E-state index < -0.39 is 12.1 Å². The van der Waals surface area contributed by atoms with Gasteiger partial charge in [-0.1, -0.05) is 0 Å². The van der Waals surface area contributed by atoms with Crippen LogP contribution in [0.1, 0.15) is 26.7 Å². The first-order valence-electron chi connectivity index (χ1n) is 5.18. The van der Waals surface area contributed by atoms with Gasteiger partial charge in [0.2, 0.25) is 11.8 Å². The molecule has 2 amide bonds. The fourth-order valence-electron chi connectivity index (χ4n) is 1.06. The molecule has 1 rings (SSSR count). The van der Waals surface area contributed by atoms with E-state index in [2.05, 4.69) is 10.6 Å². The highest BCUT2D eigenvalue weighted by Gasteiger charge is 2.26. The summed E-state index contributed by atoms with van der Waals surface area (Å²) in [7, 11) is 1.46. The Morgan fingerprint density at radius 2 is 1.87 bits per heavy atom. The molecule has 2 unspecified atom stereocenters. The first-order valence-corrected chi connectivity index (χ1v) is 5.18. The van der Waals surface area contributed by atoms with Crippen LogP contribution in [0.2, 0.25) is 0 Å². The molecular formula is C10H18N2O3. The van der Waals surface area contributed by atoms with Gasteiger partial charge in [-0.15, -0.1) is 0 Å². The Morgan fingerprint density at radius 1 is 1.27 bits per heavy atom. The van der Waals surface area contributed by atoms with Crippen LogP contribution in [0.25, 0.3) is 0 Å². The van der Waals surface area contributed by atoms with Crippen LogP contribution < -0.4 is 10.6 Å². The highest BCUT2D eigenvalue weighted by atomic mass is 16.5. The van der Waals surface area contributed by atoms with Gasteiger partial charge in [0.25, 0.3) is 0 Å². The fraction of sp³-hybridized carbons (Fsp3) is 0.800. The van der Waals surface area contributed by atoms with E-state index in [4.69, 9.17) is 4.74 Å². The smallest absolute Gasteiger partial charge is 0.249 e. The lowest BCUT2D eigenvalue weighted by atomic mass is 10.2. The van der Waals surface area contributed by atoms with Gasteiger partial charge in [-0.25, -0.2) is 0 Å². The average molecular weight is 214 g/mol. The van der Waals surface area contributed by atoms with Crippen molar-refractivity contribution in [3.8, 4) is 0 Å². The largest absolute Gasteiger partial charge is 0.372 e. The van der Waals surface area contributed by atoms with Gasteiger partial charge in [0.1, 0.15) is 12.1 Å². The molecule has 86 valence electrons. The molecule has 1 aliphatic rings. The maximum Gasteiger partial charge on any atom is 0.249 e. The predicted octanol–water partition coefficient (Wildman–Crippen LogP) is -0.195. The summed E-state index contributed by atoms with van der Waals surface area (Å²) in [5, 5.41) is 5.41. The summed E-state index contributed by atoms with van der Waals surface area (Å²) < 4.78 is 4.84. The van der Waals surface area contributed by atoms with Gasteiger partial charge in [-0.3, -0.25) is 9.59 Å². The van der Waals surface area contributed by atoms with E-state index in [1.165, 1.54) is 7.11 Å². The van der Waals surface area contributed by atoms with Gasteiger partial charge in [-0.05, 0) is 26.7 Å². The van der Waals surface area contributed by atoms with Crippen molar-refractivity contribution in [3.05, 3.63) is 0 Å². The number of ether oxygens (including phenoxy) is 1. The summed E-state index contributed by atoms with van der Waals surface area (Å²) in [5.74, 6) is -0.398. The average Bonchev–Trinajstić information content (AvgIpc) is 3.00. The molecule has 2 N–H and O–H groups in total. The zero-order valence-electron chi connectivity index (χ0n) is 9.37. The molecule has 1 fully saturated rings. The van der Waals surface area contributed by atoms with E-state index in [1.54, 1.807) is 13.8 Å². The molecule has 5 nitrogen and oxygen atoms in total. The zero-order chi connectivity index (χ0) is 11.4. The Hall–Kier alpha value is -1.10. The van der Waals surface area contributed by atoms with Crippen LogP contribution in [0.15, 0.2) is 0 Å². The number of nitrogens with one attached hydrogen (secondary N) is 2. The molecule has 0 bridgehead atoms. The number of hydrogen-bond donors (Lipinski definition) is 2. The molecule has 0 spiro atoms. The van der Waals surface area contributed by atoms with E-state index in [-0.39, 0.29) is 11.8 Å². The minimum Gasteiger partial charge on any atom is -0.372 e. The van der Waals surface area contributed by atoms with Crippen molar-refractivity contribution < 1.29 is 14.3 Å². The van der Waals surface area contributed by atoms with Gasteiger partial charge < -0.3 is 15.4 Å². The zero-order valence-corrected chi connectivity index (χ0v) is 9.37. The molecule has 1 saturated carbocycles. The van der Waals surface area contributed by atoms with Crippen molar-refractivity contribution >= 4 is 11.8 Å². The normalized spacial score (nSPS) is 19.1.